The number of carbonyl (C=O) groups excluding carboxylic acids is 1. The lowest BCUT2D eigenvalue weighted by molar-refractivity contribution is 0.102. The van der Waals surface area contributed by atoms with E-state index in [0.717, 1.165) is 45.9 Å². The van der Waals surface area contributed by atoms with Gasteiger partial charge in [-0.3, -0.25) is 9.69 Å². The first-order valence-electron chi connectivity index (χ1n) is 12.8. The molecule has 0 spiro atoms. The number of nitrogens with zero attached hydrogens (tertiary/aromatic N) is 1. The minimum absolute atomic E-state index is 0.198. The van der Waals surface area contributed by atoms with Gasteiger partial charge < -0.3 is 15.4 Å². The van der Waals surface area contributed by atoms with Crippen LogP contribution < -0.4 is 10.6 Å². The van der Waals surface area contributed by atoms with Crippen molar-refractivity contribution in [2.45, 2.75) is 30.2 Å². The molecule has 2 fully saturated rings. The number of hydrogen-bond donors (Lipinski definition) is 3. The third-order valence-electron chi connectivity index (χ3n) is 6.67. The molecule has 8 heteroatoms. The van der Waals surface area contributed by atoms with Gasteiger partial charge in [-0.25, -0.2) is 0 Å². The molecule has 1 amide bonds. The number of amides is 1. The average Bonchev–Trinajstić information content (AvgIpc) is 2.96. The van der Waals surface area contributed by atoms with Gasteiger partial charge in [-0.2, -0.15) is 4.55 Å². The molecule has 0 bridgehead atoms. The standard InChI is InChI=1S/C25H26N2O3S.C4H9NO/c28-25(26-23-10-12-24(13-11-23)31(29)30)22-8-6-19(7-9-22)18-27-16-14-21(15-17-27)20-4-2-1-3-5-20;1-3-6-4-2-5-1/h1-13,21H,14-18H2,(H,26,28)(H,29,30);5H,1-4H2/p+1. The minimum Gasteiger partial charge on any atom is -0.379 e. The quantitative estimate of drug-likeness (QED) is 0.327. The zero-order valence-electron chi connectivity index (χ0n) is 21.0. The lowest BCUT2D eigenvalue weighted by Gasteiger charge is -2.32. The Balaban J connectivity index is 0.000000469. The van der Waals surface area contributed by atoms with Gasteiger partial charge in [0.1, 0.15) is 0 Å². The van der Waals surface area contributed by atoms with Crippen molar-refractivity contribution in [2.75, 3.05) is 44.7 Å². The molecule has 3 aromatic rings. The number of anilines is 1. The van der Waals surface area contributed by atoms with Crippen LogP contribution in [0.4, 0.5) is 5.69 Å². The summed E-state index contributed by atoms with van der Waals surface area (Å²) in [5.41, 5.74) is 3.82. The molecule has 0 aliphatic carbocycles. The lowest BCUT2D eigenvalue weighted by atomic mass is 9.89. The Morgan fingerprint density at radius 1 is 0.946 bits per heavy atom. The number of hydrogen-bond acceptors (Lipinski definition) is 5. The molecule has 5 rings (SSSR count). The van der Waals surface area contributed by atoms with E-state index in [1.807, 2.05) is 24.3 Å². The first-order chi connectivity index (χ1) is 18.1. The fraction of sp³-hybridized carbons (Fsp3) is 0.345. The maximum atomic E-state index is 12.5. The van der Waals surface area contributed by atoms with Crippen LogP contribution in [0.5, 0.6) is 0 Å². The zero-order valence-corrected chi connectivity index (χ0v) is 21.9. The van der Waals surface area contributed by atoms with E-state index in [4.69, 9.17) is 9.29 Å². The number of piperidine rings is 1. The Kier molecular flexibility index (Phi) is 10.4. The number of benzene rings is 3. The second-order valence-corrected chi connectivity index (χ2v) is 10.4. The van der Waals surface area contributed by atoms with Crippen LogP contribution >= 0.6 is 0 Å². The molecule has 2 aliphatic heterocycles. The van der Waals surface area contributed by atoms with Crippen molar-refractivity contribution in [3.05, 3.63) is 95.6 Å². The maximum Gasteiger partial charge on any atom is 0.255 e. The first kappa shape index (κ1) is 27.2. The fourth-order valence-corrected chi connectivity index (χ4v) is 4.96. The van der Waals surface area contributed by atoms with E-state index in [1.54, 1.807) is 24.3 Å². The maximum absolute atomic E-state index is 12.5. The molecule has 1 atom stereocenters. The van der Waals surface area contributed by atoms with Gasteiger partial charge in [-0.15, -0.1) is 0 Å². The molecule has 0 radical (unpaired) electrons. The van der Waals surface area contributed by atoms with Crippen molar-refractivity contribution >= 4 is 22.7 Å². The van der Waals surface area contributed by atoms with E-state index in [9.17, 15) is 9.00 Å². The topological polar surface area (TPSA) is 90.9 Å². The molecule has 7 nitrogen and oxygen atoms in total. The SMILES string of the molecule is C1COCCN1.O=C(Nc1ccc([SH+](=O)O)cc1)c1ccc(CN2CCC(c3ccccc3)CC2)cc1. The summed E-state index contributed by atoms with van der Waals surface area (Å²) in [6.07, 6.45) is 2.35. The van der Waals surface area contributed by atoms with E-state index < -0.39 is 11.1 Å². The van der Waals surface area contributed by atoms with Gasteiger partial charge in [0, 0.05) is 30.9 Å². The summed E-state index contributed by atoms with van der Waals surface area (Å²) in [6.45, 7) is 6.89. The van der Waals surface area contributed by atoms with Crippen molar-refractivity contribution in [3.63, 3.8) is 0 Å². The molecule has 2 heterocycles. The second-order valence-electron chi connectivity index (χ2n) is 9.29. The Bertz CT molecular complexity index is 1120. The fourth-order valence-electron chi connectivity index (χ4n) is 4.56. The number of rotatable bonds is 6. The molecule has 3 aromatic carbocycles. The molecule has 2 aliphatic rings. The highest BCUT2D eigenvalue weighted by molar-refractivity contribution is 7.79. The molecule has 0 saturated carbocycles. The Morgan fingerprint density at radius 3 is 2.14 bits per heavy atom. The normalized spacial score (nSPS) is 17.3. The van der Waals surface area contributed by atoms with Crippen molar-refractivity contribution in [1.29, 1.82) is 0 Å². The predicted octanol–water partition coefficient (Wildman–Crippen LogP) is 4.45. The van der Waals surface area contributed by atoms with Crippen LogP contribution in [0.15, 0.2) is 83.8 Å². The summed E-state index contributed by atoms with van der Waals surface area (Å²) < 4.78 is 25.2. The van der Waals surface area contributed by atoms with Gasteiger partial charge in [-0.05, 0) is 79.4 Å². The second kappa shape index (κ2) is 14.2. The molecule has 2 saturated heterocycles. The van der Waals surface area contributed by atoms with Gasteiger partial charge >= 0.3 is 0 Å². The van der Waals surface area contributed by atoms with Crippen LogP contribution in [0.2, 0.25) is 0 Å². The van der Waals surface area contributed by atoms with Crippen molar-refractivity contribution in [1.82, 2.24) is 10.2 Å². The number of carbonyl (C=O) groups is 1. The molecule has 3 N–H and O–H groups in total. The predicted molar refractivity (Wildman–Crippen MR) is 149 cm³/mol. The first-order valence-corrected chi connectivity index (χ1v) is 14.0. The number of likely N-dealkylation sites (tertiary alicyclic amines) is 1. The van der Waals surface area contributed by atoms with Gasteiger partial charge in [0.25, 0.3) is 5.91 Å². The zero-order chi connectivity index (χ0) is 25.9. The molecule has 196 valence electrons. The largest absolute Gasteiger partial charge is 0.379 e. The van der Waals surface area contributed by atoms with Crippen LogP contribution in [0.1, 0.15) is 40.2 Å². The summed E-state index contributed by atoms with van der Waals surface area (Å²) in [5.74, 6) is 0.451. The van der Waals surface area contributed by atoms with Crippen molar-refractivity contribution in [3.8, 4) is 0 Å². The van der Waals surface area contributed by atoms with Crippen molar-refractivity contribution < 1.29 is 18.3 Å². The van der Waals surface area contributed by atoms with E-state index >= 15 is 0 Å². The summed E-state index contributed by atoms with van der Waals surface area (Å²) >= 11 is -2.36. The van der Waals surface area contributed by atoms with Gasteiger partial charge in [0.15, 0.2) is 4.90 Å². The van der Waals surface area contributed by atoms with Crippen LogP contribution in [0.3, 0.4) is 0 Å². The van der Waals surface area contributed by atoms with Gasteiger partial charge in [0.2, 0.25) is 11.1 Å². The lowest BCUT2D eigenvalue weighted by Crippen LogP contribution is -2.32. The van der Waals surface area contributed by atoms with Crippen LogP contribution in [0.25, 0.3) is 0 Å². The highest BCUT2D eigenvalue weighted by Gasteiger charge is 2.20. The third-order valence-corrected chi connectivity index (χ3v) is 7.41. The third kappa shape index (κ3) is 8.59. The monoisotopic (exact) mass is 522 g/mol. The minimum atomic E-state index is -2.36. The summed E-state index contributed by atoms with van der Waals surface area (Å²) in [5, 5.41) is 5.98. The van der Waals surface area contributed by atoms with E-state index in [0.29, 0.717) is 22.1 Å². The van der Waals surface area contributed by atoms with Crippen molar-refractivity contribution in [2.24, 2.45) is 0 Å². The van der Waals surface area contributed by atoms with E-state index in [1.165, 1.54) is 24.0 Å². The Labute approximate surface area is 221 Å². The number of ether oxygens (including phenoxy) is 1. The average molecular weight is 523 g/mol. The van der Waals surface area contributed by atoms with E-state index in [-0.39, 0.29) is 5.91 Å². The molecule has 0 aromatic heterocycles. The Morgan fingerprint density at radius 2 is 1.59 bits per heavy atom. The summed E-state index contributed by atoms with van der Waals surface area (Å²) in [6, 6.07) is 24.8. The van der Waals surface area contributed by atoms with Gasteiger partial charge in [-0.1, -0.05) is 46.7 Å². The number of thiol groups is 1. The summed E-state index contributed by atoms with van der Waals surface area (Å²) in [7, 11) is 0. The van der Waals surface area contributed by atoms with Crippen LogP contribution in [-0.4, -0.2) is 54.8 Å². The van der Waals surface area contributed by atoms with Gasteiger partial charge in [0.05, 0.1) is 13.2 Å². The number of nitrogens with one attached hydrogen (secondary N) is 2. The smallest absolute Gasteiger partial charge is 0.255 e. The summed E-state index contributed by atoms with van der Waals surface area (Å²) in [4.78, 5) is 15.3. The molecular formula is C29H36N3O4S+. The highest BCUT2D eigenvalue weighted by Crippen LogP contribution is 2.28. The van der Waals surface area contributed by atoms with E-state index in [2.05, 4.69) is 45.9 Å². The molecular weight excluding hydrogens is 486 g/mol. The number of morpholine rings is 1. The molecule has 37 heavy (non-hydrogen) atoms. The Hall–Kier alpha value is -2.88. The highest BCUT2D eigenvalue weighted by atomic mass is 32.2. The van der Waals surface area contributed by atoms with Crippen LogP contribution in [-0.2, 0) is 26.6 Å². The van der Waals surface area contributed by atoms with Crippen LogP contribution in [0, 0.1) is 0 Å². The molecule has 1 unspecified atom stereocenters.